The minimum atomic E-state index is 0.0252. The first-order valence-electron chi connectivity index (χ1n) is 10.9. The molecule has 0 saturated heterocycles. The van der Waals surface area contributed by atoms with E-state index < -0.39 is 0 Å². The zero-order valence-corrected chi connectivity index (χ0v) is 18.6. The number of benzene rings is 2. The molecule has 160 valence electrons. The van der Waals surface area contributed by atoms with E-state index in [4.69, 9.17) is 10.2 Å². The predicted molar refractivity (Wildman–Crippen MR) is 134 cm³/mol. The Bertz CT molecular complexity index is 1380. The largest absolute Gasteiger partial charge is 0.264 e. The third-order valence-electron chi connectivity index (χ3n) is 5.79. The van der Waals surface area contributed by atoms with E-state index in [9.17, 15) is 0 Å². The normalized spacial score (nSPS) is 15.6. The molecule has 5 aromatic rings. The first-order chi connectivity index (χ1) is 16.4. The highest BCUT2D eigenvalue weighted by molar-refractivity contribution is 7.12. The van der Waals surface area contributed by atoms with Crippen molar-refractivity contribution in [2.24, 2.45) is 5.10 Å². The van der Waals surface area contributed by atoms with Gasteiger partial charge in [-0.05, 0) is 47.8 Å². The fraction of sp³-hybridized carbons (Fsp3) is 0.0741. The maximum absolute atomic E-state index is 5.08. The first-order valence-corrected chi connectivity index (χ1v) is 11.8. The molecule has 33 heavy (non-hydrogen) atoms. The van der Waals surface area contributed by atoms with Crippen LogP contribution in [0.5, 0.6) is 0 Å². The van der Waals surface area contributed by atoms with E-state index in [2.05, 4.69) is 76.2 Å². The summed E-state index contributed by atoms with van der Waals surface area (Å²) < 4.78 is 1.96. The molecule has 0 N–H and O–H groups in total. The maximum Gasteiger partial charge on any atom is 0.0996 e. The SMILES string of the molecule is c1ccc(N2N=C(c3cccs3)C[C@@H]2c2cn(-c3ccccc3)nc2-c2cccnc2)cc1. The summed E-state index contributed by atoms with van der Waals surface area (Å²) >= 11 is 1.73. The van der Waals surface area contributed by atoms with Crippen LogP contribution in [0.25, 0.3) is 16.9 Å². The quantitative estimate of drug-likeness (QED) is 0.315. The molecule has 3 aromatic heterocycles. The molecule has 1 atom stereocenters. The van der Waals surface area contributed by atoms with Crippen molar-refractivity contribution >= 4 is 22.7 Å². The Morgan fingerprint density at radius 1 is 0.818 bits per heavy atom. The van der Waals surface area contributed by atoms with Crippen LogP contribution in [0.1, 0.15) is 22.9 Å². The van der Waals surface area contributed by atoms with Gasteiger partial charge in [0, 0.05) is 36.1 Å². The second-order valence-electron chi connectivity index (χ2n) is 7.88. The molecule has 0 radical (unpaired) electrons. The Morgan fingerprint density at radius 3 is 2.30 bits per heavy atom. The number of pyridine rings is 1. The van der Waals surface area contributed by atoms with Gasteiger partial charge in [0.15, 0.2) is 0 Å². The van der Waals surface area contributed by atoms with E-state index in [0.29, 0.717) is 0 Å². The highest BCUT2D eigenvalue weighted by Gasteiger charge is 2.33. The Morgan fingerprint density at radius 2 is 1.61 bits per heavy atom. The number of thiophene rings is 1. The van der Waals surface area contributed by atoms with Crippen molar-refractivity contribution in [3.63, 3.8) is 0 Å². The Labute approximate surface area is 196 Å². The standard InChI is InChI=1S/C27H21N5S/c1-3-10-21(11-4-1)31-19-23(27(30-31)20-9-7-15-28-18-20)25-17-24(26-14-8-16-33-26)29-32(25)22-12-5-2-6-13-22/h1-16,18-19,25H,17H2/t25-/m1/s1. The molecule has 5 nitrogen and oxygen atoms in total. The van der Waals surface area contributed by atoms with Gasteiger partial charge in [0.1, 0.15) is 0 Å². The predicted octanol–water partition coefficient (Wildman–Crippen LogP) is 6.35. The van der Waals surface area contributed by atoms with Crippen LogP contribution in [0.15, 0.2) is 114 Å². The monoisotopic (exact) mass is 447 g/mol. The van der Waals surface area contributed by atoms with Crippen LogP contribution in [0.2, 0.25) is 0 Å². The third kappa shape index (κ3) is 3.75. The molecule has 0 fully saturated rings. The fourth-order valence-electron chi connectivity index (χ4n) is 4.23. The number of hydrogen-bond donors (Lipinski definition) is 0. The van der Waals surface area contributed by atoms with E-state index in [0.717, 1.165) is 40.3 Å². The van der Waals surface area contributed by atoms with Crippen molar-refractivity contribution in [1.82, 2.24) is 14.8 Å². The van der Waals surface area contributed by atoms with Gasteiger partial charge in [-0.2, -0.15) is 10.2 Å². The van der Waals surface area contributed by atoms with E-state index in [1.807, 2.05) is 41.2 Å². The van der Waals surface area contributed by atoms with Crippen molar-refractivity contribution in [3.8, 4) is 16.9 Å². The third-order valence-corrected chi connectivity index (χ3v) is 6.71. The lowest BCUT2D eigenvalue weighted by molar-refractivity contribution is 0.710. The van der Waals surface area contributed by atoms with Crippen LogP contribution < -0.4 is 5.01 Å². The molecule has 0 bridgehead atoms. The minimum Gasteiger partial charge on any atom is -0.264 e. The lowest BCUT2D eigenvalue weighted by atomic mass is 9.98. The summed E-state index contributed by atoms with van der Waals surface area (Å²) in [6.45, 7) is 0. The molecule has 0 aliphatic carbocycles. The van der Waals surface area contributed by atoms with E-state index in [1.165, 1.54) is 4.88 Å². The summed E-state index contributed by atoms with van der Waals surface area (Å²) in [6.07, 6.45) is 6.62. The van der Waals surface area contributed by atoms with Crippen LogP contribution in [0.4, 0.5) is 5.69 Å². The maximum atomic E-state index is 5.08. The number of para-hydroxylation sites is 2. The van der Waals surface area contributed by atoms with Crippen LogP contribution in [0.3, 0.4) is 0 Å². The van der Waals surface area contributed by atoms with Crippen molar-refractivity contribution in [2.45, 2.75) is 12.5 Å². The topological polar surface area (TPSA) is 46.3 Å². The van der Waals surface area contributed by atoms with Crippen LogP contribution >= 0.6 is 11.3 Å². The number of hydrogen-bond acceptors (Lipinski definition) is 5. The van der Waals surface area contributed by atoms with Gasteiger partial charge in [-0.15, -0.1) is 11.3 Å². The molecule has 0 amide bonds. The van der Waals surface area contributed by atoms with Crippen LogP contribution in [-0.2, 0) is 0 Å². The first kappa shape index (κ1) is 19.6. The molecule has 0 saturated carbocycles. The minimum absolute atomic E-state index is 0.0252. The van der Waals surface area contributed by atoms with E-state index in [-0.39, 0.29) is 6.04 Å². The molecule has 6 rings (SSSR count). The smallest absolute Gasteiger partial charge is 0.0996 e. The van der Waals surface area contributed by atoms with Crippen molar-refractivity contribution < 1.29 is 0 Å². The fourth-order valence-corrected chi connectivity index (χ4v) is 4.96. The molecule has 4 heterocycles. The van der Waals surface area contributed by atoms with Gasteiger partial charge in [-0.3, -0.25) is 9.99 Å². The molecule has 1 aliphatic rings. The van der Waals surface area contributed by atoms with E-state index in [1.54, 1.807) is 17.5 Å². The molecule has 2 aromatic carbocycles. The van der Waals surface area contributed by atoms with Gasteiger partial charge in [0.05, 0.1) is 33.7 Å². The van der Waals surface area contributed by atoms with Crippen molar-refractivity contribution in [2.75, 3.05) is 5.01 Å². The van der Waals surface area contributed by atoms with Gasteiger partial charge in [-0.1, -0.05) is 42.5 Å². The van der Waals surface area contributed by atoms with Gasteiger partial charge in [0.2, 0.25) is 0 Å². The molecule has 0 unspecified atom stereocenters. The molecule has 0 spiro atoms. The summed E-state index contributed by atoms with van der Waals surface area (Å²) in [4.78, 5) is 5.56. The van der Waals surface area contributed by atoms with Crippen LogP contribution in [0, 0.1) is 0 Å². The molecular formula is C27H21N5S. The highest BCUT2D eigenvalue weighted by Crippen LogP contribution is 2.41. The number of aromatic nitrogens is 3. The highest BCUT2D eigenvalue weighted by atomic mass is 32.1. The van der Waals surface area contributed by atoms with Gasteiger partial charge in [0.25, 0.3) is 0 Å². The number of hydrazone groups is 1. The average Bonchev–Trinajstić information content (AvgIpc) is 3.65. The average molecular weight is 448 g/mol. The lowest BCUT2D eigenvalue weighted by Crippen LogP contribution is -2.18. The summed E-state index contributed by atoms with van der Waals surface area (Å²) in [7, 11) is 0. The lowest BCUT2D eigenvalue weighted by Gasteiger charge is -2.23. The Kier molecular flexibility index (Phi) is 5.05. The number of anilines is 1. The van der Waals surface area contributed by atoms with Gasteiger partial charge >= 0.3 is 0 Å². The second-order valence-corrected chi connectivity index (χ2v) is 8.83. The molecule has 1 aliphatic heterocycles. The van der Waals surface area contributed by atoms with Crippen molar-refractivity contribution in [1.29, 1.82) is 0 Å². The Hall–Kier alpha value is -4.03. The van der Waals surface area contributed by atoms with E-state index >= 15 is 0 Å². The molecular weight excluding hydrogens is 426 g/mol. The van der Waals surface area contributed by atoms with Gasteiger partial charge < -0.3 is 0 Å². The Balaban J connectivity index is 1.50. The van der Waals surface area contributed by atoms with Gasteiger partial charge in [-0.25, -0.2) is 4.68 Å². The number of nitrogens with zero attached hydrogens (tertiary/aromatic N) is 5. The second kappa shape index (κ2) is 8.48. The summed E-state index contributed by atoms with van der Waals surface area (Å²) in [5.74, 6) is 0. The number of rotatable bonds is 5. The van der Waals surface area contributed by atoms with Crippen LogP contribution in [-0.4, -0.2) is 20.5 Å². The zero-order chi connectivity index (χ0) is 22.0. The molecule has 6 heteroatoms. The summed E-state index contributed by atoms with van der Waals surface area (Å²) in [6, 6.07) is 28.9. The summed E-state index contributed by atoms with van der Waals surface area (Å²) in [5, 5.41) is 14.3. The summed E-state index contributed by atoms with van der Waals surface area (Å²) in [5.41, 5.74) is 6.26. The zero-order valence-electron chi connectivity index (χ0n) is 17.8. The van der Waals surface area contributed by atoms with Crippen molar-refractivity contribution in [3.05, 3.63) is 119 Å².